The number of nitrogens with zero attached hydrogens (tertiary/aromatic N) is 1. The average Bonchev–Trinajstić information content (AvgIpc) is 2.00. The van der Waals surface area contributed by atoms with Gasteiger partial charge in [0.1, 0.15) is 0 Å². The summed E-state index contributed by atoms with van der Waals surface area (Å²) in [5.74, 6) is -0.195. The SMILES string of the molecule is COC(=O)CN(C)CC=C(C)C. The van der Waals surface area contributed by atoms with Gasteiger partial charge in [0.15, 0.2) is 0 Å². The van der Waals surface area contributed by atoms with Crippen molar-refractivity contribution in [2.45, 2.75) is 13.8 Å². The molecule has 0 aliphatic carbocycles. The molecule has 0 rings (SSSR count). The minimum Gasteiger partial charge on any atom is -0.468 e. The average molecular weight is 171 g/mol. The first-order valence-corrected chi connectivity index (χ1v) is 3.95. The van der Waals surface area contributed by atoms with Crippen LogP contribution >= 0.6 is 0 Å². The Labute approximate surface area is 74.0 Å². The number of esters is 1. The van der Waals surface area contributed by atoms with Crippen molar-refractivity contribution < 1.29 is 9.53 Å². The van der Waals surface area contributed by atoms with Gasteiger partial charge in [-0.25, -0.2) is 0 Å². The van der Waals surface area contributed by atoms with Crippen molar-refractivity contribution in [1.29, 1.82) is 0 Å². The summed E-state index contributed by atoms with van der Waals surface area (Å²) in [6.45, 7) is 5.20. The highest BCUT2D eigenvalue weighted by molar-refractivity contribution is 5.71. The standard InChI is InChI=1S/C9H17NO2/c1-8(2)5-6-10(3)7-9(11)12-4/h5H,6-7H2,1-4H3. The normalized spacial score (nSPS) is 9.75. The van der Waals surface area contributed by atoms with Crippen LogP contribution in [0.1, 0.15) is 13.8 Å². The molecule has 0 saturated carbocycles. The van der Waals surface area contributed by atoms with Gasteiger partial charge in [0, 0.05) is 6.54 Å². The van der Waals surface area contributed by atoms with Crippen LogP contribution in [0.3, 0.4) is 0 Å². The molecule has 0 atom stereocenters. The fourth-order valence-electron chi connectivity index (χ4n) is 0.688. The molecule has 0 aliphatic rings. The van der Waals surface area contributed by atoms with Crippen molar-refractivity contribution >= 4 is 5.97 Å². The predicted molar refractivity (Wildman–Crippen MR) is 48.9 cm³/mol. The molecule has 12 heavy (non-hydrogen) atoms. The Balaban J connectivity index is 3.67. The Kier molecular flexibility index (Phi) is 5.37. The van der Waals surface area contributed by atoms with Gasteiger partial charge in [-0.3, -0.25) is 9.69 Å². The quantitative estimate of drug-likeness (QED) is 0.468. The second-order valence-corrected chi connectivity index (χ2v) is 3.05. The molecule has 0 aromatic rings. The van der Waals surface area contributed by atoms with Crippen LogP contribution in [0, 0.1) is 0 Å². The number of ether oxygens (including phenoxy) is 1. The lowest BCUT2D eigenvalue weighted by Crippen LogP contribution is -2.26. The first kappa shape index (κ1) is 11.2. The second kappa shape index (κ2) is 5.77. The molecule has 0 bridgehead atoms. The van der Waals surface area contributed by atoms with Crippen LogP contribution in [-0.4, -0.2) is 38.1 Å². The monoisotopic (exact) mass is 171 g/mol. The van der Waals surface area contributed by atoms with Gasteiger partial charge in [-0.2, -0.15) is 0 Å². The van der Waals surface area contributed by atoms with E-state index in [1.807, 2.05) is 25.8 Å². The Bertz CT molecular complexity index is 171. The van der Waals surface area contributed by atoms with Crippen LogP contribution < -0.4 is 0 Å². The summed E-state index contributed by atoms with van der Waals surface area (Å²) in [5, 5.41) is 0. The van der Waals surface area contributed by atoms with Crippen LogP contribution in [-0.2, 0) is 9.53 Å². The van der Waals surface area contributed by atoms with E-state index in [0.29, 0.717) is 6.54 Å². The summed E-state index contributed by atoms with van der Waals surface area (Å²) in [5.41, 5.74) is 1.26. The highest BCUT2D eigenvalue weighted by Crippen LogP contribution is 1.91. The topological polar surface area (TPSA) is 29.5 Å². The fraction of sp³-hybridized carbons (Fsp3) is 0.667. The number of rotatable bonds is 4. The number of carbonyl (C=O) groups excluding carboxylic acids is 1. The molecular weight excluding hydrogens is 154 g/mol. The van der Waals surface area contributed by atoms with Crippen molar-refractivity contribution in [3.63, 3.8) is 0 Å². The molecule has 3 heteroatoms. The third-order valence-electron chi connectivity index (χ3n) is 1.44. The molecule has 70 valence electrons. The van der Waals surface area contributed by atoms with Gasteiger partial charge in [-0.15, -0.1) is 0 Å². The predicted octanol–water partition coefficient (Wildman–Crippen LogP) is 1.06. The maximum absolute atomic E-state index is 10.8. The van der Waals surface area contributed by atoms with Crippen molar-refractivity contribution in [3.8, 4) is 0 Å². The highest BCUT2D eigenvalue weighted by Gasteiger charge is 2.03. The highest BCUT2D eigenvalue weighted by atomic mass is 16.5. The molecule has 0 N–H and O–H groups in total. The number of hydrogen-bond acceptors (Lipinski definition) is 3. The number of carbonyl (C=O) groups is 1. The summed E-state index contributed by atoms with van der Waals surface area (Å²) in [4.78, 5) is 12.7. The van der Waals surface area contributed by atoms with E-state index < -0.39 is 0 Å². The lowest BCUT2D eigenvalue weighted by Gasteiger charge is -2.12. The summed E-state index contributed by atoms with van der Waals surface area (Å²) in [7, 11) is 3.29. The summed E-state index contributed by atoms with van der Waals surface area (Å²) in [6.07, 6.45) is 2.07. The summed E-state index contributed by atoms with van der Waals surface area (Å²) in [6, 6.07) is 0. The van der Waals surface area contributed by atoms with E-state index in [-0.39, 0.29) is 5.97 Å². The van der Waals surface area contributed by atoms with Crippen molar-refractivity contribution in [2.24, 2.45) is 0 Å². The van der Waals surface area contributed by atoms with Gasteiger partial charge in [-0.05, 0) is 20.9 Å². The van der Waals surface area contributed by atoms with Crippen LogP contribution in [0.25, 0.3) is 0 Å². The first-order chi connectivity index (χ1) is 5.56. The Morgan fingerprint density at radius 1 is 1.50 bits per heavy atom. The van der Waals surface area contributed by atoms with E-state index in [2.05, 4.69) is 10.8 Å². The molecular formula is C9H17NO2. The van der Waals surface area contributed by atoms with Gasteiger partial charge in [0.25, 0.3) is 0 Å². The molecule has 0 heterocycles. The molecule has 0 amide bonds. The largest absolute Gasteiger partial charge is 0.468 e. The van der Waals surface area contributed by atoms with Gasteiger partial charge in [0.2, 0.25) is 0 Å². The van der Waals surface area contributed by atoms with Gasteiger partial charge in [-0.1, -0.05) is 11.6 Å². The van der Waals surface area contributed by atoms with Crippen LogP contribution in [0.5, 0.6) is 0 Å². The van der Waals surface area contributed by atoms with E-state index >= 15 is 0 Å². The Hall–Kier alpha value is -0.830. The van der Waals surface area contributed by atoms with Crippen molar-refractivity contribution in [3.05, 3.63) is 11.6 Å². The third kappa shape index (κ3) is 5.92. The number of hydrogen-bond donors (Lipinski definition) is 0. The zero-order valence-electron chi connectivity index (χ0n) is 8.26. The van der Waals surface area contributed by atoms with Crippen LogP contribution in [0.15, 0.2) is 11.6 Å². The zero-order chi connectivity index (χ0) is 9.56. The molecule has 0 aliphatic heterocycles. The minimum absolute atomic E-state index is 0.195. The molecule has 0 unspecified atom stereocenters. The Morgan fingerprint density at radius 3 is 2.50 bits per heavy atom. The molecule has 0 radical (unpaired) electrons. The van der Waals surface area contributed by atoms with Crippen molar-refractivity contribution in [2.75, 3.05) is 27.2 Å². The van der Waals surface area contributed by atoms with E-state index in [4.69, 9.17) is 0 Å². The number of likely N-dealkylation sites (N-methyl/N-ethyl adjacent to an activating group) is 1. The number of methoxy groups -OCH3 is 1. The van der Waals surface area contributed by atoms with E-state index in [0.717, 1.165) is 6.54 Å². The third-order valence-corrected chi connectivity index (χ3v) is 1.44. The maximum atomic E-state index is 10.8. The second-order valence-electron chi connectivity index (χ2n) is 3.05. The summed E-state index contributed by atoms with van der Waals surface area (Å²) < 4.78 is 4.53. The molecule has 0 fully saturated rings. The first-order valence-electron chi connectivity index (χ1n) is 3.95. The van der Waals surface area contributed by atoms with E-state index in [1.54, 1.807) is 0 Å². The lowest BCUT2D eigenvalue weighted by atomic mass is 10.3. The molecule has 0 aromatic heterocycles. The number of allylic oxidation sites excluding steroid dienone is 1. The fourth-order valence-corrected chi connectivity index (χ4v) is 0.688. The van der Waals surface area contributed by atoms with Crippen LogP contribution in [0.2, 0.25) is 0 Å². The molecule has 0 saturated heterocycles. The molecule has 0 spiro atoms. The Morgan fingerprint density at radius 2 is 2.08 bits per heavy atom. The lowest BCUT2D eigenvalue weighted by molar-refractivity contribution is -0.141. The minimum atomic E-state index is -0.195. The smallest absolute Gasteiger partial charge is 0.319 e. The van der Waals surface area contributed by atoms with Gasteiger partial charge >= 0.3 is 5.97 Å². The van der Waals surface area contributed by atoms with Crippen LogP contribution in [0.4, 0.5) is 0 Å². The van der Waals surface area contributed by atoms with Crippen molar-refractivity contribution in [1.82, 2.24) is 4.90 Å². The molecule has 3 nitrogen and oxygen atoms in total. The zero-order valence-corrected chi connectivity index (χ0v) is 8.26. The molecule has 0 aromatic carbocycles. The van der Waals surface area contributed by atoms with E-state index in [9.17, 15) is 4.79 Å². The van der Waals surface area contributed by atoms with E-state index in [1.165, 1.54) is 12.7 Å². The van der Waals surface area contributed by atoms with Gasteiger partial charge in [0.05, 0.1) is 13.7 Å². The van der Waals surface area contributed by atoms with Gasteiger partial charge < -0.3 is 4.74 Å². The maximum Gasteiger partial charge on any atom is 0.319 e. The summed E-state index contributed by atoms with van der Waals surface area (Å²) >= 11 is 0.